The van der Waals surface area contributed by atoms with Crippen LogP contribution in [-0.2, 0) is 9.53 Å². The van der Waals surface area contributed by atoms with E-state index in [1.807, 2.05) is 13.8 Å². The van der Waals surface area contributed by atoms with E-state index in [2.05, 4.69) is 5.32 Å². The summed E-state index contributed by atoms with van der Waals surface area (Å²) in [6.45, 7) is 6.30. The Bertz CT molecular complexity index is 546. The maximum absolute atomic E-state index is 12.0. The minimum absolute atomic E-state index is 0.112. The van der Waals surface area contributed by atoms with Crippen molar-refractivity contribution in [1.82, 2.24) is 0 Å². The smallest absolute Gasteiger partial charge is 0.338 e. The number of carboxylic acids is 1. The minimum atomic E-state index is -0.993. The molecule has 2 rings (SSSR count). The third-order valence-electron chi connectivity index (χ3n) is 3.92. The Kier molecular flexibility index (Phi) is 5.00. The highest BCUT2D eigenvalue weighted by molar-refractivity contribution is 7.16. The Hall–Kier alpha value is -1.40. The van der Waals surface area contributed by atoms with Crippen LogP contribution in [0.3, 0.4) is 0 Å². The first-order chi connectivity index (χ1) is 9.92. The average molecular weight is 311 g/mol. The van der Waals surface area contributed by atoms with Gasteiger partial charge in [-0.2, -0.15) is 0 Å². The first kappa shape index (κ1) is 16.0. The van der Waals surface area contributed by atoms with E-state index in [1.165, 1.54) is 11.3 Å². The molecule has 0 atom stereocenters. The van der Waals surface area contributed by atoms with Crippen LogP contribution in [0.15, 0.2) is 0 Å². The third kappa shape index (κ3) is 3.63. The molecule has 0 radical (unpaired) electrons. The van der Waals surface area contributed by atoms with Crippen molar-refractivity contribution in [2.24, 2.45) is 5.92 Å². The standard InChI is InChI=1S/C15H21NO4S/c1-4-20-11-5-10(6-11)7-12(17)16-14-13(15(18)19)8(2)9(3)21-14/h10-11H,4-7H2,1-3H3,(H,16,17)(H,18,19). The van der Waals surface area contributed by atoms with Crippen LogP contribution < -0.4 is 5.32 Å². The fourth-order valence-corrected chi connectivity index (χ4v) is 3.69. The van der Waals surface area contributed by atoms with Gasteiger partial charge in [-0.25, -0.2) is 4.79 Å². The molecule has 0 aromatic carbocycles. The van der Waals surface area contributed by atoms with Crippen molar-refractivity contribution >= 4 is 28.2 Å². The van der Waals surface area contributed by atoms with Gasteiger partial charge < -0.3 is 15.2 Å². The van der Waals surface area contributed by atoms with Crippen LogP contribution in [0.1, 0.15) is 47.0 Å². The lowest BCUT2D eigenvalue weighted by Crippen LogP contribution is -2.33. The number of hydrogen-bond acceptors (Lipinski definition) is 4. The van der Waals surface area contributed by atoms with Crippen LogP contribution in [0.4, 0.5) is 5.00 Å². The highest BCUT2D eigenvalue weighted by atomic mass is 32.1. The van der Waals surface area contributed by atoms with Crippen molar-refractivity contribution in [3.05, 3.63) is 16.0 Å². The second-order valence-corrected chi connectivity index (χ2v) is 6.68. The summed E-state index contributed by atoms with van der Waals surface area (Å²) in [5.74, 6) is -0.761. The number of nitrogens with one attached hydrogen (secondary N) is 1. The van der Waals surface area contributed by atoms with Gasteiger partial charge in [-0.1, -0.05) is 0 Å². The van der Waals surface area contributed by atoms with E-state index in [9.17, 15) is 14.7 Å². The van der Waals surface area contributed by atoms with Crippen LogP contribution in [-0.4, -0.2) is 29.7 Å². The Labute approximate surface area is 128 Å². The van der Waals surface area contributed by atoms with Gasteiger partial charge in [-0.15, -0.1) is 11.3 Å². The van der Waals surface area contributed by atoms with Crippen LogP contribution in [0.25, 0.3) is 0 Å². The zero-order chi connectivity index (χ0) is 15.6. The van der Waals surface area contributed by atoms with Crippen LogP contribution >= 0.6 is 11.3 Å². The molecule has 1 aliphatic carbocycles. The molecule has 1 amide bonds. The molecule has 1 aromatic rings. The number of carbonyl (C=O) groups is 2. The number of amides is 1. The summed E-state index contributed by atoms with van der Waals surface area (Å²) in [4.78, 5) is 24.2. The summed E-state index contributed by atoms with van der Waals surface area (Å²) >= 11 is 1.32. The molecule has 21 heavy (non-hydrogen) atoms. The Morgan fingerprint density at radius 2 is 2.05 bits per heavy atom. The number of rotatable bonds is 6. The van der Waals surface area contributed by atoms with E-state index in [1.54, 1.807) is 6.92 Å². The molecule has 0 bridgehead atoms. The number of aromatic carboxylic acids is 1. The quantitative estimate of drug-likeness (QED) is 0.846. The number of thiophene rings is 1. The van der Waals surface area contributed by atoms with E-state index < -0.39 is 5.97 Å². The zero-order valence-corrected chi connectivity index (χ0v) is 13.4. The van der Waals surface area contributed by atoms with Crippen LogP contribution in [0.5, 0.6) is 0 Å². The zero-order valence-electron chi connectivity index (χ0n) is 12.6. The average Bonchev–Trinajstić information content (AvgIpc) is 2.62. The third-order valence-corrected chi connectivity index (χ3v) is 5.04. The summed E-state index contributed by atoms with van der Waals surface area (Å²) in [7, 11) is 0. The molecule has 0 aliphatic heterocycles. The van der Waals surface area contributed by atoms with E-state index in [0.29, 0.717) is 23.9 Å². The van der Waals surface area contributed by atoms with Crippen molar-refractivity contribution in [3.63, 3.8) is 0 Å². The monoisotopic (exact) mass is 311 g/mol. The van der Waals surface area contributed by atoms with Gasteiger partial charge in [-0.3, -0.25) is 4.79 Å². The molecule has 5 nitrogen and oxygen atoms in total. The first-order valence-electron chi connectivity index (χ1n) is 7.17. The van der Waals surface area contributed by atoms with Crippen LogP contribution in [0, 0.1) is 19.8 Å². The molecule has 0 saturated heterocycles. The predicted molar refractivity (Wildman–Crippen MR) is 82.1 cm³/mol. The van der Waals surface area contributed by atoms with Gasteiger partial charge >= 0.3 is 5.97 Å². The summed E-state index contributed by atoms with van der Waals surface area (Å²) in [5, 5.41) is 12.4. The Balaban J connectivity index is 1.92. The van der Waals surface area contributed by atoms with Crippen molar-refractivity contribution < 1.29 is 19.4 Å². The minimum Gasteiger partial charge on any atom is -0.478 e. The molecule has 6 heteroatoms. The van der Waals surface area contributed by atoms with E-state index in [4.69, 9.17) is 4.74 Å². The molecule has 0 unspecified atom stereocenters. The van der Waals surface area contributed by atoms with Crippen molar-refractivity contribution in [2.45, 2.75) is 46.1 Å². The normalized spacial score (nSPS) is 20.9. The van der Waals surface area contributed by atoms with Gasteiger partial charge in [0.15, 0.2) is 0 Å². The summed E-state index contributed by atoms with van der Waals surface area (Å²) in [6, 6.07) is 0. The lowest BCUT2D eigenvalue weighted by atomic mass is 9.80. The largest absolute Gasteiger partial charge is 0.478 e. The number of carboxylic acid groups (broad SMARTS) is 1. The molecule has 1 aliphatic rings. The Morgan fingerprint density at radius 3 is 2.62 bits per heavy atom. The van der Waals surface area contributed by atoms with Gasteiger partial charge in [0.25, 0.3) is 0 Å². The summed E-state index contributed by atoms with van der Waals surface area (Å²) < 4.78 is 5.47. The van der Waals surface area contributed by atoms with Gasteiger partial charge in [0.05, 0.1) is 11.7 Å². The number of anilines is 1. The predicted octanol–water partition coefficient (Wildman–Crippen LogP) is 3.21. The second kappa shape index (κ2) is 6.58. The molecule has 0 spiro atoms. The van der Waals surface area contributed by atoms with Gasteiger partial charge in [0.2, 0.25) is 5.91 Å². The van der Waals surface area contributed by atoms with Gasteiger partial charge in [0.1, 0.15) is 5.00 Å². The molecule has 1 fully saturated rings. The number of ether oxygens (including phenoxy) is 1. The van der Waals surface area contributed by atoms with E-state index >= 15 is 0 Å². The van der Waals surface area contributed by atoms with E-state index in [0.717, 1.165) is 23.3 Å². The number of carbonyl (C=O) groups excluding carboxylic acids is 1. The van der Waals surface area contributed by atoms with Crippen molar-refractivity contribution in [3.8, 4) is 0 Å². The summed E-state index contributed by atoms with van der Waals surface area (Å²) in [5.41, 5.74) is 0.939. The first-order valence-corrected chi connectivity index (χ1v) is 7.98. The molecule has 1 saturated carbocycles. The van der Waals surface area contributed by atoms with Crippen molar-refractivity contribution in [2.75, 3.05) is 11.9 Å². The topological polar surface area (TPSA) is 75.6 Å². The highest BCUT2D eigenvalue weighted by Crippen LogP contribution is 2.35. The van der Waals surface area contributed by atoms with Crippen molar-refractivity contribution in [1.29, 1.82) is 0 Å². The lowest BCUT2D eigenvalue weighted by Gasteiger charge is -2.34. The molecular formula is C15H21NO4S. The highest BCUT2D eigenvalue weighted by Gasteiger charge is 2.31. The molecule has 2 N–H and O–H groups in total. The fourth-order valence-electron chi connectivity index (χ4n) is 2.63. The van der Waals surface area contributed by atoms with E-state index in [-0.39, 0.29) is 17.6 Å². The molecule has 1 aromatic heterocycles. The summed E-state index contributed by atoms with van der Waals surface area (Å²) in [6.07, 6.45) is 2.54. The molecular weight excluding hydrogens is 290 g/mol. The molecule has 1 heterocycles. The maximum atomic E-state index is 12.0. The molecule has 116 valence electrons. The SMILES string of the molecule is CCOC1CC(CC(=O)Nc2sc(C)c(C)c2C(=O)O)C1. The number of aryl methyl sites for hydroxylation is 1. The van der Waals surface area contributed by atoms with Crippen LogP contribution in [0.2, 0.25) is 0 Å². The second-order valence-electron chi connectivity index (χ2n) is 5.46. The maximum Gasteiger partial charge on any atom is 0.338 e. The fraction of sp³-hybridized carbons (Fsp3) is 0.600. The lowest BCUT2D eigenvalue weighted by molar-refractivity contribution is -0.119. The van der Waals surface area contributed by atoms with Gasteiger partial charge in [-0.05, 0) is 45.1 Å². The Morgan fingerprint density at radius 1 is 1.38 bits per heavy atom. The van der Waals surface area contributed by atoms with Gasteiger partial charge in [0, 0.05) is 17.9 Å². The number of hydrogen-bond donors (Lipinski definition) is 2.